The largest absolute Gasteiger partial charge is 0.496 e. The van der Waals surface area contributed by atoms with Gasteiger partial charge in [0.25, 0.3) is 5.91 Å². The van der Waals surface area contributed by atoms with Crippen molar-refractivity contribution in [1.29, 1.82) is 0 Å². The lowest BCUT2D eigenvalue weighted by Crippen LogP contribution is -2.43. The monoisotopic (exact) mass is 477 g/mol. The van der Waals surface area contributed by atoms with Gasteiger partial charge in [-0.05, 0) is 38.3 Å². The first kappa shape index (κ1) is 22.2. The van der Waals surface area contributed by atoms with Crippen LogP contribution in [0, 0.1) is 0 Å². The molecule has 0 N–H and O–H groups in total. The minimum atomic E-state index is -0.344. The lowest BCUT2D eigenvalue weighted by atomic mass is 9.97. The number of aromatic nitrogens is 4. The third-order valence-corrected chi connectivity index (χ3v) is 6.94. The molecule has 0 atom stereocenters. The van der Waals surface area contributed by atoms with Gasteiger partial charge in [0.2, 0.25) is 0 Å². The van der Waals surface area contributed by atoms with Gasteiger partial charge in [-0.15, -0.1) is 0 Å². The van der Waals surface area contributed by atoms with Gasteiger partial charge in [0.05, 0.1) is 36.7 Å². The van der Waals surface area contributed by atoms with Crippen molar-refractivity contribution in [3.63, 3.8) is 0 Å². The molecule has 8 nitrogen and oxygen atoms in total. The maximum absolute atomic E-state index is 13.5. The van der Waals surface area contributed by atoms with E-state index in [-0.39, 0.29) is 18.1 Å². The van der Waals surface area contributed by atoms with Gasteiger partial charge < -0.3 is 18.9 Å². The third-order valence-electron chi connectivity index (χ3n) is 6.27. The summed E-state index contributed by atoms with van der Waals surface area (Å²) in [7, 11) is 5.39. The van der Waals surface area contributed by atoms with Crippen LogP contribution in [-0.4, -0.2) is 49.8 Å². The minimum Gasteiger partial charge on any atom is -0.496 e. The molecule has 0 aliphatic carbocycles. The van der Waals surface area contributed by atoms with Crippen LogP contribution in [0.25, 0.3) is 28.2 Å². The fraction of sp³-hybridized carbons (Fsp3) is 0.320. The molecular weight excluding hydrogens is 450 g/mol. The fourth-order valence-electron chi connectivity index (χ4n) is 4.07. The van der Waals surface area contributed by atoms with E-state index >= 15 is 0 Å². The molecule has 0 spiro atoms. The average molecular weight is 478 g/mol. The fourth-order valence-corrected chi connectivity index (χ4v) is 4.68. The molecule has 3 aromatic heterocycles. The number of hydrogen-bond acceptors (Lipinski definition) is 6. The van der Waals surface area contributed by atoms with Crippen molar-refractivity contribution in [2.75, 3.05) is 14.2 Å². The number of thiophene rings is 1. The van der Waals surface area contributed by atoms with Crippen LogP contribution in [-0.2, 0) is 13.7 Å². The van der Waals surface area contributed by atoms with Crippen molar-refractivity contribution < 1.29 is 14.3 Å². The lowest BCUT2D eigenvalue weighted by molar-refractivity contribution is 0.0646. The van der Waals surface area contributed by atoms with Crippen molar-refractivity contribution >= 4 is 17.2 Å². The van der Waals surface area contributed by atoms with Crippen LogP contribution in [0.1, 0.15) is 36.8 Å². The average Bonchev–Trinajstić information content (AvgIpc) is 3.55. The van der Waals surface area contributed by atoms with Crippen molar-refractivity contribution in [2.45, 2.75) is 32.9 Å². The number of hydrogen-bond donors (Lipinski definition) is 0. The molecular formula is C25H27N5O3S. The van der Waals surface area contributed by atoms with E-state index in [4.69, 9.17) is 14.6 Å². The van der Waals surface area contributed by atoms with E-state index in [1.165, 1.54) is 0 Å². The Labute approximate surface area is 202 Å². The summed E-state index contributed by atoms with van der Waals surface area (Å²) < 4.78 is 15.6. The van der Waals surface area contributed by atoms with Crippen molar-refractivity contribution in [3.05, 3.63) is 52.7 Å². The standard InChI is InChI=1S/C25H27N5O3S/c1-25(2,3)29(5)24(31)22-18-12-33-21-10-20(32-6)16(19-11-26-14-28(19)4)9-17(21)23(18)30(27-22)15-7-8-34-13-15/h7-11,13-14H,12H2,1-6H3. The second kappa shape index (κ2) is 8.02. The number of carbonyl (C=O) groups is 1. The maximum atomic E-state index is 13.5. The van der Waals surface area contributed by atoms with Gasteiger partial charge >= 0.3 is 0 Å². The number of fused-ring (bicyclic) bond motifs is 3. The van der Waals surface area contributed by atoms with Crippen molar-refractivity contribution in [1.82, 2.24) is 24.2 Å². The van der Waals surface area contributed by atoms with Gasteiger partial charge in [0, 0.05) is 47.8 Å². The van der Waals surface area contributed by atoms with Gasteiger partial charge in [-0.1, -0.05) is 0 Å². The van der Waals surface area contributed by atoms with E-state index in [1.807, 2.05) is 66.0 Å². The number of amides is 1. The van der Waals surface area contributed by atoms with Crippen LogP contribution < -0.4 is 9.47 Å². The summed E-state index contributed by atoms with van der Waals surface area (Å²) >= 11 is 1.58. The predicted molar refractivity (Wildman–Crippen MR) is 132 cm³/mol. The van der Waals surface area contributed by atoms with Crippen LogP contribution in [0.3, 0.4) is 0 Å². The van der Waals surface area contributed by atoms with E-state index in [0.717, 1.165) is 33.8 Å². The van der Waals surface area contributed by atoms with E-state index in [1.54, 1.807) is 42.9 Å². The molecule has 0 fully saturated rings. The normalized spacial score (nSPS) is 12.6. The minimum absolute atomic E-state index is 0.134. The molecule has 0 radical (unpaired) electrons. The summed E-state index contributed by atoms with van der Waals surface area (Å²) in [6.07, 6.45) is 3.56. The molecule has 0 saturated carbocycles. The Balaban J connectivity index is 1.76. The number of imidazole rings is 1. The summed E-state index contributed by atoms with van der Waals surface area (Å²) in [5.74, 6) is 1.25. The summed E-state index contributed by atoms with van der Waals surface area (Å²) in [5.41, 5.74) is 5.26. The number of carbonyl (C=O) groups excluding carboxylic acids is 1. The smallest absolute Gasteiger partial charge is 0.274 e. The van der Waals surface area contributed by atoms with Crippen LogP contribution in [0.2, 0.25) is 0 Å². The van der Waals surface area contributed by atoms with Crippen LogP contribution in [0.4, 0.5) is 0 Å². The zero-order chi connectivity index (χ0) is 24.2. The zero-order valence-corrected chi connectivity index (χ0v) is 20.9. The number of benzene rings is 1. The lowest BCUT2D eigenvalue weighted by Gasteiger charge is -2.31. The number of methoxy groups -OCH3 is 1. The Kier molecular flexibility index (Phi) is 5.24. The maximum Gasteiger partial charge on any atom is 0.274 e. The Bertz CT molecular complexity index is 1380. The van der Waals surface area contributed by atoms with Crippen molar-refractivity contribution in [2.24, 2.45) is 7.05 Å². The Morgan fingerprint density at radius 2 is 2.06 bits per heavy atom. The third kappa shape index (κ3) is 3.47. The number of rotatable bonds is 4. The van der Waals surface area contributed by atoms with Gasteiger partial charge in [-0.25, -0.2) is 9.67 Å². The van der Waals surface area contributed by atoms with Crippen LogP contribution in [0.5, 0.6) is 11.5 Å². The quantitative estimate of drug-likeness (QED) is 0.423. The molecule has 1 aliphatic heterocycles. The molecule has 4 heterocycles. The van der Waals surface area contributed by atoms with E-state index < -0.39 is 0 Å². The number of ether oxygens (including phenoxy) is 2. The second-order valence-corrected chi connectivity index (χ2v) is 10.1. The second-order valence-electron chi connectivity index (χ2n) is 9.33. The highest BCUT2D eigenvalue weighted by atomic mass is 32.1. The predicted octanol–water partition coefficient (Wildman–Crippen LogP) is 4.77. The molecule has 9 heteroatoms. The van der Waals surface area contributed by atoms with Gasteiger partial charge in [0.15, 0.2) is 5.69 Å². The number of aryl methyl sites for hydroxylation is 1. The van der Waals surface area contributed by atoms with E-state index in [2.05, 4.69) is 4.98 Å². The molecule has 1 aromatic carbocycles. The van der Waals surface area contributed by atoms with Gasteiger partial charge in [0.1, 0.15) is 18.1 Å². The summed E-state index contributed by atoms with van der Waals surface area (Å²) in [6.45, 7) is 6.27. The van der Waals surface area contributed by atoms with Crippen LogP contribution >= 0.6 is 11.3 Å². The summed E-state index contributed by atoms with van der Waals surface area (Å²) in [6, 6.07) is 5.93. The molecule has 4 aromatic rings. The first-order valence-electron chi connectivity index (χ1n) is 10.9. The first-order chi connectivity index (χ1) is 16.2. The highest BCUT2D eigenvalue weighted by molar-refractivity contribution is 7.08. The van der Waals surface area contributed by atoms with E-state index in [9.17, 15) is 4.79 Å². The van der Waals surface area contributed by atoms with Crippen molar-refractivity contribution in [3.8, 4) is 39.7 Å². The Morgan fingerprint density at radius 3 is 2.68 bits per heavy atom. The molecule has 5 rings (SSSR count). The highest BCUT2D eigenvalue weighted by Gasteiger charge is 2.34. The molecule has 1 aliphatic rings. The first-order valence-corrected chi connectivity index (χ1v) is 11.9. The Morgan fingerprint density at radius 1 is 1.26 bits per heavy atom. The van der Waals surface area contributed by atoms with E-state index in [0.29, 0.717) is 17.2 Å². The molecule has 1 amide bonds. The summed E-state index contributed by atoms with van der Waals surface area (Å²) in [4.78, 5) is 19.5. The SMILES string of the molecule is COc1cc2c(cc1-c1cncn1C)-c1c(c(C(=O)N(C)C(C)(C)C)nn1-c1ccsc1)CO2. The summed E-state index contributed by atoms with van der Waals surface area (Å²) in [5, 5.41) is 8.85. The van der Waals surface area contributed by atoms with Crippen LogP contribution in [0.15, 0.2) is 41.5 Å². The highest BCUT2D eigenvalue weighted by Crippen LogP contribution is 2.46. The van der Waals surface area contributed by atoms with Gasteiger partial charge in [-0.2, -0.15) is 16.4 Å². The molecule has 0 saturated heterocycles. The number of nitrogens with zero attached hydrogens (tertiary/aromatic N) is 5. The molecule has 176 valence electrons. The zero-order valence-electron chi connectivity index (χ0n) is 20.1. The molecule has 0 bridgehead atoms. The topological polar surface area (TPSA) is 74.4 Å². The molecule has 0 unspecified atom stereocenters. The Hall–Kier alpha value is -3.59. The molecule has 34 heavy (non-hydrogen) atoms. The van der Waals surface area contributed by atoms with Gasteiger partial charge in [-0.3, -0.25) is 4.79 Å².